The van der Waals surface area contributed by atoms with Gasteiger partial charge in [0.2, 0.25) is 5.95 Å². The summed E-state index contributed by atoms with van der Waals surface area (Å²) in [6, 6.07) is 4.44. The Bertz CT molecular complexity index is 970. The molecular weight excluding hydrogens is 398 g/mol. The van der Waals surface area contributed by atoms with E-state index in [1.807, 2.05) is 18.2 Å². The minimum absolute atomic E-state index is 0.0613. The molecular formula is C22H29N5O4. The summed E-state index contributed by atoms with van der Waals surface area (Å²) >= 11 is 0. The van der Waals surface area contributed by atoms with Gasteiger partial charge in [-0.1, -0.05) is 0 Å². The molecule has 166 valence electrons. The lowest BCUT2D eigenvalue weighted by Gasteiger charge is -2.37. The lowest BCUT2D eigenvalue weighted by molar-refractivity contribution is 0.0850. The van der Waals surface area contributed by atoms with Crippen molar-refractivity contribution in [3.8, 4) is 0 Å². The van der Waals surface area contributed by atoms with Gasteiger partial charge in [0.15, 0.2) is 5.65 Å². The quantitative estimate of drug-likeness (QED) is 0.778. The number of aliphatic hydroxyl groups excluding tert-OH is 1. The highest BCUT2D eigenvalue weighted by molar-refractivity contribution is 5.88. The number of pyridine rings is 1. The maximum Gasteiger partial charge on any atom is 0.229 e. The van der Waals surface area contributed by atoms with Gasteiger partial charge in [-0.05, 0) is 32.1 Å². The van der Waals surface area contributed by atoms with E-state index in [1.54, 1.807) is 6.26 Å². The zero-order chi connectivity index (χ0) is 21.4. The molecule has 5 rings (SSSR count). The molecule has 4 atom stereocenters. The second-order valence-electron chi connectivity index (χ2n) is 8.40. The minimum Gasteiger partial charge on any atom is -0.495 e. The van der Waals surface area contributed by atoms with Crippen molar-refractivity contribution < 1.29 is 19.3 Å². The van der Waals surface area contributed by atoms with E-state index in [2.05, 4.69) is 23.6 Å². The van der Waals surface area contributed by atoms with E-state index in [-0.39, 0.29) is 30.7 Å². The molecule has 0 spiro atoms. The van der Waals surface area contributed by atoms with Gasteiger partial charge in [0.05, 0.1) is 68.4 Å². The molecule has 0 saturated carbocycles. The number of morpholine rings is 2. The van der Waals surface area contributed by atoms with Gasteiger partial charge in [-0.25, -0.2) is 4.98 Å². The van der Waals surface area contributed by atoms with Gasteiger partial charge in [-0.2, -0.15) is 9.97 Å². The summed E-state index contributed by atoms with van der Waals surface area (Å²) in [6.07, 6.45) is 3.26. The molecule has 2 aromatic heterocycles. The van der Waals surface area contributed by atoms with Crippen molar-refractivity contribution in [3.05, 3.63) is 30.2 Å². The Kier molecular flexibility index (Phi) is 5.64. The van der Waals surface area contributed by atoms with E-state index in [4.69, 9.17) is 29.2 Å². The Balaban J connectivity index is 1.62. The maximum atomic E-state index is 9.64. The van der Waals surface area contributed by atoms with Crippen LogP contribution in [-0.4, -0.2) is 84.4 Å². The third-order valence-electron chi connectivity index (χ3n) is 6.27. The molecule has 9 nitrogen and oxygen atoms in total. The first kappa shape index (κ1) is 20.4. The third kappa shape index (κ3) is 3.81. The molecule has 0 bridgehead atoms. The first-order valence-corrected chi connectivity index (χ1v) is 11.0. The summed E-state index contributed by atoms with van der Waals surface area (Å²) in [5.41, 5.74) is 1.49. The average Bonchev–Trinajstić information content (AvgIpc) is 3.28. The molecule has 2 saturated heterocycles. The van der Waals surface area contributed by atoms with Crippen molar-refractivity contribution >= 4 is 22.8 Å². The lowest BCUT2D eigenvalue weighted by atomic mass is 9.99. The van der Waals surface area contributed by atoms with Crippen molar-refractivity contribution in [1.29, 1.82) is 0 Å². The fraction of sp³-hybridized carbons (Fsp3) is 0.591. The number of anilines is 2. The fourth-order valence-corrected chi connectivity index (χ4v) is 4.48. The summed E-state index contributed by atoms with van der Waals surface area (Å²) in [7, 11) is 0. The van der Waals surface area contributed by atoms with Crippen LogP contribution in [0.4, 0.5) is 11.8 Å². The third-order valence-corrected chi connectivity index (χ3v) is 6.27. The van der Waals surface area contributed by atoms with Gasteiger partial charge in [0.1, 0.15) is 11.9 Å². The number of hydrogen-bond donors (Lipinski definition) is 1. The van der Waals surface area contributed by atoms with Crippen LogP contribution in [0.25, 0.3) is 11.0 Å². The molecule has 31 heavy (non-hydrogen) atoms. The molecule has 1 N–H and O–H groups in total. The molecule has 0 radical (unpaired) electrons. The van der Waals surface area contributed by atoms with E-state index in [0.29, 0.717) is 38.0 Å². The van der Waals surface area contributed by atoms with Crippen LogP contribution in [0.3, 0.4) is 0 Å². The average molecular weight is 428 g/mol. The van der Waals surface area contributed by atoms with Crippen molar-refractivity contribution in [3.63, 3.8) is 0 Å². The van der Waals surface area contributed by atoms with Crippen LogP contribution < -0.4 is 9.80 Å². The van der Waals surface area contributed by atoms with Crippen molar-refractivity contribution in [2.45, 2.75) is 38.0 Å². The second-order valence-corrected chi connectivity index (χ2v) is 8.40. The summed E-state index contributed by atoms with van der Waals surface area (Å²) in [4.78, 5) is 19.3. The number of rotatable bonds is 4. The van der Waals surface area contributed by atoms with E-state index in [9.17, 15) is 5.11 Å². The van der Waals surface area contributed by atoms with Crippen LogP contribution >= 0.6 is 0 Å². The SMILES string of the molecule is C[C@H]1COCCN1c1nc(N2CCOC[C@@H]2C)c2ccc(C3C=COC3CO)nc2n1. The highest BCUT2D eigenvalue weighted by Crippen LogP contribution is 2.33. The maximum absolute atomic E-state index is 9.64. The molecule has 2 unspecified atom stereocenters. The van der Waals surface area contributed by atoms with Crippen molar-refractivity contribution in [2.75, 3.05) is 55.9 Å². The summed E-state index contributed by atoms with van der Waals surface area (Å²) in [5.74, 6) is 1.48. The molecule has 9 heteroatoms. The van der Waals surface area contributed by atoms with E-state index < -0.39 is 0 Å². The standard InChI is InChI=1S/C22H29N5O4/c1-14-12-29-9-6-26(14)21-17-3-4-18(16-5-8-31-19(16)11-28)23-20(17)24-22(25-21)27-7-10-30-13-15(27)2/h3-5,8,14-16,19,28H,6-7,9-13H2,1-2H3/t14-,15-,16?,19?/m0/s1. The zero-order valence-electron chi connectivity index (χ0n) is 18.0. The van der Waals surface area contributed by atoms with Gasteiger partial charge in [0, 0.05) is 13.1 Å². The van der Waals surface area contributed by atoms with Gasteiger partial charge < -0.3 is 29.1 Å². The fourth-order valence-electron chi connectivity index (χ4n) is 4.48. The van der Waals surface area contributed by atoms with E-state index >= 15 is 0 Å². The number of aromatic nitrogens is 3. The summed E-state index contributed by atoms with van der Waals surface area (Å²) < 4.78 is 16.8. The van der Waals surface area contributed by atoms with Gasteiger partial charge in [-0.3, -0.25) is 0 Å². The van der Waals surface area contributed by atoms with Crippen molar-refractivity contribution in [2.24, 2.45) is 0 Å². The number of ether oxygens (including phenoxy) is 3. The zero-order valence-corrected chi connectivity index (χ0v) is 18.0. The van der Waals surface area contributed by atoms with Crippen LogP contribution in [0.2, 0.25) is 0 Å². The number of nitrogens with zero attached hydrogens (tertiary/aromatic N) is 5. The van der Waals surface area contributed by atoms with Crippen molar-refractivity contribution in [1.82, 2.24) is 15.0 Å². The Hall–Kier alpha value is -2.49. The molecule has 0 aliphatic carbocycles. The van der Waals surface area contributed by atoms with E-state index in [1.165, 1.54) is 0 Å². The first-order chi connectivity index (χ1) is 15.2. The number of fused-ring (bicyclic) bond motifs is 1. The van der Waals surface area contributed by atoms with Crippen LogP contribution in [0.1, 0.15) is 25.5 Å². The molecule has 3 aliphatic rings. The Morgan fingerprint density at radius 1 is 1.00 bits per heavy atom. The smallest absolute Gasteiger partial charge is 0.229 e. The molecule has 2 aromatic rings. The highest BCUT2D eigenvalue weighted by atomic mass is 16.5. The normalized spacial score (nSPS) is 28.9. The van der Waals surface area contributed by atoms with Crippen LogP contribution in [0.5, 0.6) is 0 Å². The Morgan fingerprint density at radius 2 is 1.74 bits per heavy atom. The topological polar surface area (TPSA) is 93.1 Å². The first-order valence-electron chi connectivity index (χ1n) is 11.0. The predicted octanol–water partition coefficient (Wildman–Crippen LogP) is 1.46. The Labute approximate surface area is 181 Å². The van der Waals surface area contributed by atoms with E-state index in [0.717, 1.165) is 30.0 Å². The molecule has 0 amide bonds. The molecule has 5 heterocycles. The predicted molar refractivity (Wildman–Crippen MR) is 116 cm³/mol. The van der Waals surface area contributed by atoms with Crippen LogP contribution in [0, 0.1) is 0 Å². The lowest BCUT2D eigenvalue weighted by Crippen LogP contribution is -2.46. The molecule has 2 fully saturated rings. The van der Waals surface area contributed by atoms with Gasteiger partial charge in [-0.15, -0.1) is 0 Å². The van der Waals surface area contributed by atoms with Gasteiger partial charge in [0.25, 0.3) is 0 Å². The Morgan fingerprint density at radius 3 is 2.45 bits per heavy atom. The minimum atomic E-state index is -0.316. The summed E-state index contributed by atoms with van der Waals surface area (Å²) in [6.45, 7) is 8.39. The largest absolute Gasteiger partial charge is 0.495 e. The monoisotopic (exact) mass is 427 g/mol. The summed E-state index contributed by atoms with van der Waals surface area (Å²) in [5, 5.41) is 10.6. The number of aliphatic hydroxyl groups is 1. The molecule has 0 aromatic carbocycles. The molecule has 3 aliphatic heterocycles. The highest BCUT2D eigenvalue weighted by Gasteiger charge is 2.30. The van der Waals surface area contributed by atoms with Gasteiger partial charge >= 0.3 is 0 Å². The van der Waals surface area contributed by atoms with Crippen LogP contribution in [0.15, 0.2) is 24.5 Å². The number of hydrogen-bond acceptors (Lipinski definition) is 9. The van der Waals surface area contributed by atoms with Crippen LogP contribution in [-0.2, 0) is 14.2 Å². The second kappa shape index (κ2) is 8.57.